The number of hydrogen-bond acceptors (Lipinski definition) is 4. The molecule has 0 bridgehead atoms. The quantitative estimate of drug-likeness (QED) is 0.726. The zero-order valence-electron chi connectivity index (χ0n) is 13.1. The van der Waals surface area contributed by atoms with Gasteiger partial charge in [0, 0.05) is 38.4 Å². The van der Waals surface area contributed by atoms with E-state index in [1.807, 2.05) is 18.2 Å². The summed E-state index contributed by atoms with van der Waals surface area (Å²) >= 11 is 0. The van der Waals surface area contributed by atoms with Crippen molar-refractivity contribution in [3.63, 3.8) is 0 Å². The van der Waals surface area contributed by atoms with Crippen LogP contribution >= 0.6 is 0 Å². The summed E-state index contributed by atoms with van der Waals surface area (Å²) in [5.41, 5.74) is 1.17. The SMILES string of the molecule is CCN(CCCNS(=O)(=O)N1CCOCC1)c1ccccc1. The van der Waals surface area contributed by atoms with E-state index >= 15 is 0 Å². The zero-order chi connectivity index (χ0) is 15.8. The van der Waals surface area contributed by atoms with E-state index in [1.165, 1.54) is 9.99 Å². The summed E-state index contributed by atoms with van der Waals surface area (Å²) in [6.07, 6.45) is 0.770. The Labute approximate surface area is 133 Å². The van der Waals surface area contributed by atoms with Gasteiger partial charge in [-0.25, -0.2) is 4.72 Å². The molecule has 0 amide bonds. The van der Waals surface area contributed by atoms with Crippen molar-refractivity contribution >= 4 is 15.9 Å². The van der Waals surface area contributed by atoms with Crippen LogP contribution in [0.15, 0.2) is 30.3 Å². The third-order valence-electron chi connectivity index (χ3n) is 3.70. The van der Waals surface area contributed by atoms with Crippen molar-refractivity contribution in [3.8, 4) is 0 Å². The first kappa shape index (κ1) is 17.2. The first-order valence-electron chi connectivity index (χ1n) is 7.76. The van der Waals surface area contributed by atoms with Gasteiger partial charge in [-0.2, -0.15) is 12.7 Å². The minimum Gasteiger partial charge on any atom is -0.379 e. The van der Waals surface area contributed by atoms with Crippen molar-refractivity contribution in [2.75, 3.05) is 50.8 Å². The smallest absolute Gasteiger partial charge is 0.279 e. The topological polar surface area (TPSA) is 61.9 Å². The van der Waals surface area contributed by atoms with Gasteiger partial charge in [0.1, 0.15) is 0 Å². The van der Waals surface area contributed by atoms with Gasteiger partial charge in [-0.05, 0) is 25.5 Å². The molecule has 0 aromatic heterocycles. The average Bonchev–Trinajstić information content (AvgIpc) is 2.56. The van der Waals surface area contributed by atoms with Crippen molar-refractivity contribution in [2.24, 2.45) is 0 Å². The van der Waals surface area contributed by atoms with Gasteiger partial charge in [-0.1, -0.05) is 18.2 Å². The molecule has 22 heavy (non-hydrogen) atoms. The van der Waals surface area contributed by atoms with Crippen LogP contribution in [0.5, 0.6) is 0 Å². The Morgan fingerprint density at radius 2 is 1.91 bits per heavy atom. The van der Waals surface area contributed by atoms with Crippen LogP contribution in [0.2, 0.25) is 0 Å². The number of rotatable bonds is 8. The largest absolute Gasteiger partial charge is 0.379 e. The Morgan fingerprint density at radius 3 is 2.55 bits per heavy atom. The van der Waals surface area contributed by atoms with E-state index in [2.05, 4.69) is 28.7 Å². The summed E-state index contributed by atoms with van der Waals surface area (Å²) < 4.78 is 33.5. The lowest BCUT2D eigenvalue weighted by molar-refractivity contribution is 0.0725. The van der Waals surface area contributed by atoms with Crippen LogP contribution in [0, 0.1) is 0 Å². The van der Waals surface area contributed by atoms with Crippen molar-refractivity contribution < 1.29 is 13.2 Å². The van der Waals surface area contributed by atoms with Crippen LogP contribution in [-0.4, -0.2) is 58.7 Å². The van der Waals surface area contributed by atoms with Crippen LogP contribution in [0.4, 0.5) is 5.69 Å². The molecule has 124 valence electrons. The average molecular weight is 327 g/mol. The lowest BCUT2D eigenvalue weighted by Gasteiger charge is -2.26. The minimum atomic E-state index is -3.37. The van der Waals surface area contributed by atoms with Gasteiger partial charge in [0.2, 0.25) is 0 Å². The van der Waals surface area contributed by atoms with Crippen molar-refractivity contribution in [3.05, 3.63) is 30.3 Å². The molecular weight excluding hydrogens is 302 g/mol. The second kappa shape index (κ2) is 8.47. The summed E-state index contributed by atoms with van der Waals surface area (Å²) in [5.74, 6) is 0. The molecule has 7 heteroatoms. The second-order valence-corrected chi connectivity index (χ2v) is 6.93. The molecule has 0 unspecified atom stereocenters. The predicted octanol–water partition coefficient (Wildman–Crippen LogP) is 1.07. The molecule has 1 aliphatic heterocycles. The Hall–Kier alpha value is -1.15. The molecule has 0 radical (unpaired) electrons. The van der Waals surface area contributed by atoms with Crippen molar-refractivity contribution in [2.45, 2.75) is 13.3 Å². The van der Waals surface area contributed by atoms with Crippen LogP contribution in [0.25, 0.3) is 0 Å². The first-order valence-corrected chi connectivity index (χ1v) is 9.20. The minimum absolute atomic E-state index is 0.431. The molecule has 1 heterocycles. The van der Waals surface area contributed by atoms with Crippen LogP contribution in [0.1, 0.15) is 13.3 Å². The Balaban J connectivity index is 1.76. The zero-order valence-corrected chi connectivity index (χ0v) is 13.9. The van der Waals surface area contributed by atoms with Gasteiger partial charge in [0.05, 0.1) is 13.2 Å². The Kier molecular flexibility index (Phi) is 6.63. The summed E-state index contributed by atoms with van der Waals surface area (Å²) in [6, 6.07) is 10.2. The van der Waals surface area contributed by atoms with E-state index in [9.17, 15) is 8.42 Å². The number of morpholine rings is 1. The van der Waals surface area contributed by atoms with Gasteiger partial charge in [0.15, 0.2) is 0 Å². The first-order chi connectivity index (χ1) is 10.6. The fraction of sp³-hybridized carbons (Fsp3) is 0.600. The van der Waals surface area contributed by atoms with Gasteiger partial charge < -0.3 is 9.64 Å². The molecule has 6 nitrogen and oxygen atoms in total. The molecule has 0 spiro atoms. The molecule has 2 rings (SSSR count). The standard InChI is InChI=1S/C15H25N3O3S/c1-2-17(15-7-4-3-5-8-15)10-6-9-16-22(19,20)18-11-13-21-14-12-18/h3-5,7-8,16H,2,6,9-14H2,1H3. The van der Waals surface area contributed by atoms with Gasteiger partial charge in [-0.15, -0.1) is 0 Å². The third-order valence-corrected chi connectivity index (χ3v) is 5.32. The number of ether oxygens (including phenoxy) is 1. The lowest BCUT2D eigenvalue weighted by atomic mass is 10.2. The lowest BCUT2D eigenvalue weighted by Crippen LogP contribution is -2.47. The summed E-state index contributed by atoms with van der Waals surface area (Å²) in [6.45, 7) is 6.08. The van der Waals surface area contributed by atoms with E-state index in [1.54, 1.807) is 0 Å². The molecule has 0 saturated carbocycles. The highest BCUT2D eigenvalue weighted by Gasteiger charge is 2.23. The molecule has 1 saturated heterocycles. The van der Waals surface area contributed by atoms with E-state index < -0.39 is 10.2 Å². The fourth-order valence-corrected chi connectivity index (χ4v) is 3.67. The van der Waals surface area contributed by atoms with E-state index in [-0.39, 0.29) is 0 Å². The number of anilines is 1. The molecular formula is C15H25N3O3S. The fourth-order valence-electron chi connectivity index (χ4n) is 2.46. The van der Waals surface area contributed by atoms with Gasteiger partial charge in [0.25, 0.3) is 10.2 Å². The number of para-hydroxylation sites is 1. The molecule has 1 aliphatic rings. The highest BCUT2D eigenvalue weighted by atomic mass is 32.2. The number of nitrogens with one attached hydrogen (secondary N) is 1. The normalized spacial score (nSPS) is 16.6. The molecule has 1 aromatic rings. The maximum atomic E-state index is 12.1. The maximum Gasteiger partial charge on any atom is 0.279 e. The highest BCUT2D eigenvalue weighted by molar-refractivity contribution is 7.87. The predicted molar refractivity (Wildman–Crippen MR) is 88.3 cm³/mol. The summed E-state index contributed by atoms with van der Waals surface area (Å²) in [7, 11) is -3.37. The second-order valence-electron chi connectivity index (χ2n) is 5.18. The maximum absolute atomic E-state index is 12.1. The Bertz CT molecular complexity index is 530. The summed E-state index contributed by atoms with van der Waals surface area (Å²) in [4.78, 5) is 2.24. The van der Waals surface area contributed by atoms with Crippen molar-refractivity contribution in [1.82, 2.24) is 9.03 Å². The van der Waals surface area contributed by atoms with Gasteiger partial charge in [-0.3, -0.25) is 0 Å². The number of benzene rings is 1. The van der Waals surface area contributed by atoms with Crippen LogP contribution in [-0.2, 0) is 14.9 Å². The highest BCUT2D eigenvalue weighted by Crippen LogP contribution is 2.12. The number of hydrogen-bond donors (Lipinski definition) is 1. The molecule has 0 aliphatic carbocycles. The van der Waals surface area contributed by atoms with E-state index in [0.29, 0.717) is 32.8 Å². The van der Waals surface area contributed by atoms with E-state index in [0.717, 1.165) is 19.5 Å². The molecule has 1 aromatic carbocycles. The summed E-state index contributed by atoms with van der Waals surface area (Å²) in [5, 5.41) is 0. The Morgan fingerprint density at radius 1 is 1.23 bits per heavy atom. The number of nitrogens with zero attached hydrogens (tertiary/aromatic N) is 2. The van der Waals surface area contributed by atoms with Crippen LogP contribution in [0.3, 0.4) is 0 Å². The molecule has 1 N–H and O–H groups in total. The van der Waals surface area contributed by atoms with Crippen LogP contribution < -0.4 is 9.62 Å². The monoisotopic (exact) mass is 327 g/mol. The third kappa shape index (κ3) is 4.95. The van der Waals surface area contributed by atoms with Gasteiger partial charge >= 0.3 is 0 Å². The molecule has 1 fully saturated rings. The van der Waals surface area contributed by atoms with E-state index in [4.69, 9.17) is 4.74 Å². The molecule has 0 atom stereocenters. The van der Waals surface area contributed by atoms with Crippen molar-refractivity contribution in [1.29, 1.82) is 0 Å².